The second-order valence-electron chi connectivity index (χ2n) is 20.3. The highest BCUT2D eigenvalue weighted by atomic mass is 16.3. The van der Waals surface area contributed by atoms with E-state index in [1.807, 2.05) is 0 Å². The van der Waals surface area contributed by atoms with E-state index in [9.17, 15) is 0 Å². The molecule has 0 amide bonds. The van der Waals surface area contributed by atoms with Crippen LogP contribution in [0.5, 0.6) is 0 Å². The number of furan rings is 2. The largest absolute Gasteiger partial charge is 0.456 e. The first-order chi connectivity index (χ1) is 38.7. The van der Waals surface area contributed by atoms with E-state index in [0.29, 0.717) is 0 Å². The predicted octanol–water partition coefficient (Wildman–Crippen LogP) is 21.5. The summed E-state index contributed by atoms with van der Waals surface area (Å²) in [6.07, 6.45) is 0. The van der Waals surface area contributed by atoms with Crippen LogP contribution in [0.1, 0.15) is 0 Å². The maximum Gasteiger partial charge on any atom is 0.138 e. The third-order valence-corrected chi connectivity index (χ3v) is 16.0. The Hall–Kier alpha value is -10.4. The van der Waals surface area contributed by atoms with Crippen molar-refractivity contribution in [3.63, 3.8) is 0 Å². The zero-order valence-electron chi connectivity index (χ0n) is 42.3. The zero-order chi connectivity index (χ0) is 51.3. The van der Waals surface area contributed by atoms with Gasteiger partial charge in [-0.2, -0.15) is 0 Å². The Kier molecular flexibility index (Phi) is 9.91. The highest BCUT2D eigenvalue weighted by Crippen LogP contribution is 2.50. The van der Waals surface area contributed by atoms with Crippen LogP contribution in [0.2, 0.25) is 0 Å². The minimum atomic E-state index is 0.852. The van der Waals surface area contributed by atoms with Crippen molar-refractivity contribution in [3.05, 3.63) is 279 Å². The van der Waals surface area contributed by atoms with Crippen molar-refractivity contribution >= 4 is 132 Å². The van der Waals surface area contributed by atoms with E-state index in [2.05, 4.69) is 289 Å². The molecule has 2 heterocycles. The van der Waals surface area contributed by atoms with E-state index >= 15 is 0 Å². The van der Waals surface area contributed by atoms with E-state index in [-0.39, 0.29) is 0 Å². The molecular formula is C74H46N2O2. The van der Waals surface area contributed by atoms with E-state index in [1.54, 1.807) is 0 Å². The van der Waals surface area contributed by atoms with Gasteiger partial charge in [0, 0.05) is 66.9 Å². The number of nitrogens with zero attached hydrogens (tertiary/aromatic N) is 2. The van der Waals surface area contributed by atoms with Gasteiger partial charge < -0.3 is 18.6 Å². The van der Waals surface area contributed by atoms with Gasteiger partial charge in [-0.05, 0) is 115 Å². The SMILES string of the molecule is c1ccc(-c2ccc(N(c3ccc(-c4ccc(N(c5ccccc5)c5cc6oc7ccc8ccccc8c7c6c6ccccc56)cc4)c4ccccc34)c3cc4oc5ccc6ccccc6c5c4c4ccccc34)cc2)cc1. The van der Waals surface area contributed by atoms with Crippen LogP contribution in [0, 0.1) is 0 Å². The van der Waals surface area contributed by atoms with Crippen LogP contribution in [0.4, 0.5) is 34.1 Å². The molecule has 2 aromatic heterocycles. The lowest BCUT2D eigenvalue weighted by Gasteiger charge is -2.29. The highest BCUT2D eigenvalue weighted by molar-refractivity contribution is 6.30. The van der Waals surface area contributed by atoms with Crippen LogP contribution >= 0.6 is 0 Å². The fourth-order valence-electron chi connectivity index (χ4n) is 12.5. The molecular weight excluding hydrogens is 949 g/mol. The Morgan fingerprint density at radius 2 is 0.603 bits per heavy atom. The molecule has 0 atom stereocenters. The van der Waals surface area contributed by atoms with Crippen LogP contribution in [0.25, 0.3) is 120 Å². The smallest absolute Gasteiger partial charge is 0.138 e. The molecule has 4 nitrogen and oxygen atoms in total. The van der Waals surface area contributed by atoms with Crippen molar-refractivity contribution in [1.82, 2.24) is 0 Å². The molecule has 4 heteroatoms. The van der Waals surface area contributed by atoms with E-state index < -0.39 is 0 Å². The van der Waals surface area contributed by atoms with Gasteiger partial charge in [-0.1, -0.05) is 212 Å². The molecule has 0 spiro atoms. The quantitative estimate of drug-likeness (QED) is 0.152. The Labute approximate surface area is 449 Å². The first kappa shape index (κ1) is 43.9. The van der Waals surface area contributed by atoms with Gasteiger partial charge in [-0.25, -0.2) is 0 Å². The summed E-state index contributed by atoms with van der Waals surface area (Å²) in [5.41, 5.74) is 14.4. The number of hydrogen-bond donors (Lipinski definition) is 0. The Bertz CT molecular complexity index is 5020. The summed E-state index contributed by atoms with van der Waals surface area (Å²) in [6, 6.07) is 101. The lowest BCUT2D eigenvalue weighted by Crippen LogP contribution is -2.11. The van der Waals surface area contributed by atoms with Gasteiger partial charge in [0.1, 0.15) is 22.3 Å². The van der Waals surface area contributed by atoms with E-state index in [4.69, 9.17) is 8.83 Å². The minimum absolute atomic E-state index is 0.852. The monoisotopic (exact) mass is 994 g/mol. The summed E-state index contributed by atoms with van der Waals surface area (Å²) in [6.45, 7) is 0. The van der Waals surface area contributed by atoms with E-state index in [1.165, 1.54) is 27.1 Å². The van der Waals surface area contributed by atoms with Crippen molar-refractivity contribution < 1.29 is 8.83 Å². The van der Waals surface area contributed by atoms with Crippen molar-refractivity contribution in [1.29, 1.82) is 0 Å². The molecule has 364 valence electrons. The normalized spacial score (nSPS) is 11.8. The average Bonchev–Trinajstić information content (AvgIpc) is 4.30. The Morgan fingerprint density at radius 3 is 1.15 bits per heavy atom. The molecule has 16 rings (SSSR count). The average molecular weight is 995 g/mol. The standard InChI is InChI=1S/C74H46N2O2/c1-3-17-47(18-4-1)48-31-37-54(38-32-48)76(66-46-70-74(63-30-16-14-28-61(63)66)72-57-24-10-8-20-50(57)36-44-68(72)78-70)64-42-41-55(58-25-11-12-26-59(58)64)51-33-39-53(40-34-51)75(52-21-5-2-6-22-52)65-45-69-73(62-29-15-13-27-60(62)65)71-56-23-9-7-19-49(56)35-43-67(71)77-69/h1-46H. The fraction of sp³-hybridized carbons (Fsp3) is 0. The van der Waals surface area contributed by atoms with E-state index in [0.717, 1.165) is 127 Å². The maximum absolute atomic E-state index is 6.89. The van der Waals surface area contributed by atoms with Gasteiger partial charge in [-0.15, -0.1) is 0 Å². The molecule has 0 bridgehead atoms. The minimum Gasteiger partial charge on any atom is -0.456 e. The van der Waals surface area contributed by atoms with Gasteiger partial charge in [0.2, 0.25) is 0 Å². The topological polar surface area (TPSA) is 32.8 Å². The summed E-state index contributed by atoms with van der Waals surface area (Å²) in [4.78, 5) is 4.80. The van der Waals surface area contributed by atoms with Crippen LogP contribution in [-0.2, 0) is 0 Å². The molecule has 0 N–H and O–H groups in total. The van der Waals surface area contributed by atoms with Gasteiger partial charge in [0.15, 0.2) is 0 Å². The third kappa shape index (κ3) is 6.87. The molecule has 0 fully saturated rings. The molecule has 0 saturated heterocycles. The molecule has 14 aromatic carbocycles. The van der Waals surface area contributed by atoms with Crippen LogP contribution in [-0.4, -0.2) is 0 Å². The number of hydrogen-bond acceptors (Lipinski definition) is 4. The molecule has 0 aliphatic rings. The van der Waals surface area contributed by atoms with Crippen molar-refractivity contribution in [2.24, 2.45) is 0 Å². The molecule has 0 radical (unpaired) electrons. The first-order valence-electron chi connectivity index (χ1n) is 26.6. The van der Waals surface area contributed by atoms with Crippen molar-refractivity contribution in [2.75, 3.05) is 9.80 Å². The number of anilines is 6. The first-order valence-corrected chi connectivity index (χ1v) is 26.6. The zero-order valence-corrected chi connectivity index (χ0v) is 42.3. The molecule has 78 heavy (non-hydrogen) atoms. The van der Waals surface area contributed by atoms with Crippen molar-refractivity contribution in [2.45, 2.75) is 0 Å². The summed E-state index contributed by atoms with van der Waals surface area (Å²) >= 11 is 0. The highest BCUT2D eigenvalue weighted by Gasteiger charge is 2.25. The van der Waals surface area contributed by atoms with Crippen LogP contribution < -0.4 is 9.80 Å². The molecule has 0 unspecified atom stereocenters. The predicted molar refractivity (Wildman–Crippen MR) is 329 cm³/mol. The van der Waals surface area contributed by atoms with Gasteiger partial charge >= 0.3 is 0 Å². The lowest BCUT2D eigenvalue weighted by atomic mass is 9.94. The molecule has 16 aromatic rings. The number of fused-ring (bicyclic) bond motifs is 15. The lowest BCUT2D eigenvalue weighted by molar-refractivity contribution is 0.669. The maximum atomic E-state index is 6.89. The van der Waals surface area contributed by atoms with Crippen LogP contribution in [0.15, 0.2) is 288 Å². The Balaban J connectivity index is 0.860. The fourth-order valence-corrected chi connectivity index (χ4v) is 12.5. The van der Waals surface area contributed by atoms with Gasteiger partial charge in [0.05, 0.1) is 17.1 Å². The van der Waals surface area contributed by atoms with Crippen molar-refractivity contribution in [3.8, 4) is 22.3 Å². The molecule has 0 aliphatic heterocycles. The summed E-state index contributed by atoms with van der Waals surface area (Å²) in [7, 11) is 0. The number of benzene rings is 14. The summed E-state index contributed by atoms with van der Waals surface area (Å²) < 4.78 is 13.7. The second-order valence-corrected chi connectivity index (χ2v) is 20.3. The number of para-hydroxylation sites is 1. The summed E-state index contributed by atoms with van der Waals surface area (Å²) in [5, 5.41) is 16.2. The van der Waals surface area contributed by atoms with Crippen LogP contribution in [0.3, 0.4) is 0 Å². The molecule has 0 aliphatic carbocycles. The molecule has 0 saturated carbocycles. The number of rotatable bonds is 8. The third-order valence-electron chi connectivity index (χ3n) is 16.0. The van der Waals surface area contributed by atoms with Gasteiger partial charge in [-0.3, -0.25) is 0 Å². The summed E-state index contributed by atoms with van der Waals surface area (Å²) in [5.74, 6) is 0. The van der Waals surface area contributed by atoms with Gasteiger partial charge in [0.25, 0.3) is 0 Å². The second kappa shape index (κ2) is 17.6. The Morgan fingerprint density at radius 1 is 0.218 bits per heavy atom.